The third-order valence-corrected chi connectivity index (χ3v) is 4.53. The molecule has 0 saturated carbocycles. The van der Waals surface area contributed by atoms with Gasteiger partial charge in [-0.3, -0.25) is 9.69 Å². The number of nitrogens with one attached hydrogen (secondary N) is 1. The third kappa shape index (κ3) is 5.15. The Kier molecular flexibility index (Phi) is 8.23. The number of rotatable bonds is 5. The molecule has 0 spiro atoms. The van der Waals surface area contributed by atoms with Crippen LogP contribution in [0.15, 0.2) is 18.2 Å². The molecule has 1 fully saturated rings. The number of amides is 1. The predicted molar refractivity (Wildman–Crippen MR) is 87.3 cm³/mol. The van der Waals surface area contributed by atoms with E-state index in [1.807, 2.05) is 11.0 Å². The van der Waals surface area contributed by atoms with Crippen molar-refractivity contribution >= 4 is 23.2 Å². The summed E-state index contributed by atoms with van der Waals surface area (Å²) in [6, 6.07) is 6.07. The number of nitrogens with zero attached hydrogens (tertiary/aromatic N) is 1. The minimum Gasteiger partial charge on any atom is -1.00 e. The molecule has 0 atom stereocenters. The zero-order chi connectivity index (χ0) is 15.2. The van der Waals surface area contributed by atoms with Crippen LogP contribution in [0.4, 0.5) is 5.69 Å². The molecule has 1 N–H and O–H groups in total. The van der Waals surface area contributed by atoms with E-state index in [-0.39, 0.29) is 12.4 Å². The van der Waals surface area contributed by atoms with Gasteiger partial charge in [-0.25, -0.2) is 0 Å². The number of hydrogen-bond donors (Lipinski definition) is 1. The van der Waals surface area contributed by atoms with Gasteiger partial charge in [0.15, 0.2) is 0 Å². The van der Waals surface area contributed by atoms with E-state index in [1.165, 1.54) is 22.6 Å². The summed E-state index contributed by atoms with van der Waals surface area (Å²) in [4.78, 5) is 15.6. The number of piperazine rings is 1. The predicted octanol–water partition coefficient (Wildman–Crippen LogP) is -0.409. The van der Waals surface area contributed by atoms with E-state index in [1.54, 1.807) is 0 Å². The average Bonchev–Trinajstić information content (AvgIpc) is 2.50. The smallest absolute Gasteiger partial charge is 0.222 e. The number of hydrogen-bond acceptors (Lipinski definition) is 1. The number of carbonyl (C=O) groups is 1. The van der Waals surface area contributed by atoms with Crippen molar-refractivity contribution in [3.63, 3.8) is 0 Å². The monoisotopic (exact) mass is 344 g/mol. The van der Waals surface area contributed by atoms with Crippen molar-refractivity contribution in [2.45, 2.75) is 39.5 Å². The van der Waals surface area contributed by atoms with Crippen LogP contribution in [-0.4, -0.2) is 37.0 Å². The molecule has 3 nitrogen and oxygen atoms in total. The molecular weight excluding hydrogens is 319 g/mol. The number of benzene rings is 1. The van der Waals surface area contributed by atoms with Gasteiger partial charge < -0.3 is 17.3 Å². The minimum atomic E-state index is 0. The van der Waals surface area contributed by atoms with Crippen LogP contribution in [0.25, 0.3) is 0 Å². The first-order chi connectivity index (χ1) is 10.1. The second-order valence-electron chi connectivity index (χ2n) is 5.90. The molecule has 0 aliphatic carbocycles. The maximum atomic E-state index is 12.1. The molecule has 0 unspecified atom stereocenters. The molecule has 1 aliphatic heterocycles. The average molecular weight is 345 g/mol. The first kappa shape index (κ1) is 19.3. The second kappa shape index (κ2) is 9.39. The fourth-order valence-electron chi connectivity index (χ4n) is 2.95. The van der Waals surface area contributed by atoms with Gasteiger partial charge in [-0.05, 0) is 19.4 Å². The summed E-state index contributed by atoms with van der Waals surface area (Å²) < 4.78 is 0. The lowest BCUT2D eigenvalue weighted by Crippen LogP contribution is -3.10. The van der Waals surface area contributed by atoms with Crippen molar-refractivity contribution < 1.29 is 22.1 Å². The van der Waals surface area contributed by atoms with Crippen LogP contribution < -0.4 is 17.3 Å². The van der Waals surface area contributed by atoms with Gasteiger partial charge in [-0.15, -0.1) is 0 Å². The highest BCUT2D eigenvalue weighted by Gasteiger charge is 2.25. The maximum absolute atomic E-state index is 12.1. The zero-order valence-corrected chi connectivity index (χ0v) is 15.0. The topological polar surface area (TPSA) is 24.8 Å². The summed E-state index contributed by atoms with van der Waals surface area (Å²) in [5.41, 5.74) is 2.55. The normalized spacial score (nSPS) is 15.5. The molecule has 1 saturated heterocycles. The molecule has 1 aromatic rings. The Hall–Kier alpha value is -0.770. The SMILES string of the molecule is CCCCCC(=O)N1CC[NH+](c2cc(Cl)ccc2C)CC1.[Cl-]. The van der Waals surface area contributed by atoms with Crippen molar-refractivity contribution in [2.75, 3.05) is 26.2 Å². The molecule has 1 aliphatic rings. The van der Waals surface area contributed by atoms with Crippen LogP contribution in [-0.2, 0) is 4.79 Å². The van der Waals surface area contributed by atoms with Gasteiger partial charge in [0.2, 0.25) is 5.91 Å². The highest BCUT2D eigenvalue weighted by Crippen LogP contribution is 2.17. The molecule has 1 heterocycles. The molecular formula is C17H26Cl2N2O. The van der Waals surface area contributed by atoms with E-state index in [2.05, 4.69) is 26.0 Å². The molecule has 124 valence electrons. The fourth-order valence-corrected chi connectivity index (χ4v) is 3.13. The summed E-state index contributed by atoms with van der Waals surface area (Å²) in [6.07, 6.45) is 4.05. The van der Waals surface area contributed by atoms with Crippen LogP contribution in [0.3, 0.4) is 0 Å². The van der Waals surface area contributed by atoms with Gasteiger partial charge >= 0.3 is 0 Å². The standard InChI is InChI=1S/C17H25ClN2O.ClH/c1-3-4-5-6-17(21)20-11-9-19(10-12-20)16-13-15(18)8-7-14(16)2;/h7-8,13H,3-6,9-12H2,1-2H3;1H. The van der Waals surface area contributed by atoms with E-state index < -0.39 is 0 Å². The number of aryl methyl sites for hydroxylation is 1. The van der Waals surface area contributed by atoms with Gasteiger partial charge in [0.1, 0.15) is 5.69 Å². The Labute approximate surface area is 145 Å². The number of halogens is 2. The van der Waals surface area contributed by atoms with Gasteiger partial charge in [0.25, 0.3) is 0 Å². The molecule has 0 radical (unpaired) electrons. The van der Waals surface area contributed by atoms with Crippen LogP contribution in [0, 0.1) is 6.92 Å². The highest BCUT2D eigenvalue weighted by atomic mass is 35.5. The summed E-state index contributed by atoms with van der Waals surface area (Å²) in [7, 11) is 0. The van der Waals surface area contributed by atoms with Crippen LogP contribution >= 0.6 is 11.6 Å². The largest absolute Gasteiger partial charge is 1.00 e. The maximum Gasteiger partial charge on any atom is 0.222 e. The van der Waals surface area contributed by atoms with E-state index in [0.717, 1.165) is 44.0 Å². The fraction of sp³-hybridized carbons (Fsp3) is 0.588. The molecule has 0 bridgehead atoms. The lowest BCUT2D eigenvalue weighted by atomic mass is 10.1. The van der Waals surface area contributed by atoms with Crippen LogP contribution in [0.1, 0.15) is 38.2 Å². The lowest BCUT2D eigenvalue weighted by molar-refractivity contribution is -0.837. The molecule has 1 aromatic carbocycles. The first-order valence-corrected chi connectivity index (χ1v) is 8.38. The van der Waals surface area contributed by atoms with Crippen molar-refractivity contribution in [1.29, 1.82) is 0 Å². The quantitative estimate of drug-likeness (QED) is 0.722. The highest BCUT2D eigenvalue weighted by molar-refractivity contribution is 6.30. The summed E-state index contributed by atoms with van der Waals surface area (Å²) in [5.74, 6) is 0.324. The molecule has 22 heavy (non-hydrogen) atoms. The third-order valence-electron chi connectivity index (χ3n) is 4.29. The van der Waals surface area contributed by atoms with E-state index in [9.17, 15) is 4.79 Å². The molecule has 1 amide bonds. The second-order valence-corrected chi connectivity index (χ2v) is 6.34. The Bertz CT molecular complexity index is 486. The van der Waals surface area contributed by atoms with Gasteiger partial charge in [0, 0.05) is 23.1 Å². The Balaban J connectivity index is 0.00000242. The van der Waals surface area contributed by atoms with Crippen molar-refractivity contribution in [3.8, 4) is 0 Å². The summed E-state index contributed by atoms with van der Waals surface area (Å²) in [5, 5.41) is 0.793. The van der Waals surface area contributed by atoms with Gasteiger partial charge in [-0.1, -0.05) is 37.4 Å². The number of quaternary nitrogens is 1. The minimum absolute atomic E-state index is 0. The molecule has 2 rings (SSSR count). The van der Waals surface area contributed by atoms with E-state index in [4.69, 9.17) is 11.6 Å². The van der Waals surface area contributed by atoms with Crippen molar-refractivity contribution in [1.82, 2.24) is 4.90 Å². The van der Waals surface area contributed by atoms with E-state index in [0.29, 0.717) is 12.3 Å². The van der Waals surface area contributed by atoms with Gasteiger partial charge in [0.05, 0.1) is 26.2 Å². The number of carbonyl (C=O) groups excluding carboxylic acids is 1. The number of unbranched alkanes of at least 4 members (excludes halogenated alkanes) is 2. The van der Waals surface area contributed by atoms with E-state index >= 15 is 0 Å². The van der Waals surface area contributed by atoms with Crippen molar-refractivity contribution in [2.24, 2.45) is 0 Å². The summed E-state index contributed by atoms with van der Waals surface area (Å²) >= 11 is 6.11. The Morgan fingerprint density at radius 3 is 2.59 bits per heavy atom. The Morgan fingerprint density at radius 2 is 1.95 bits per heavy atom. The van der Waals surface area contributed by atoms with Crippen molar-refractivity contribution in [3.05, 3.63) is 28.8 Å². The lowest BCUT2D eigenvalue weighted by Gasteiger charge is -2.32. The van der Waals surface area contributed by atoms with Crippen LogP contribution in [0.2, 0.25) is 5.02 Å². The molecule has 0 aromatic heterocycles. The molecule has 5 heteroatoms. The van der Waals surface area contributed by atoms with Gasteiger partial charge in [-0.2, -0.15) is 0 Å². The zero-order valence-electron chi connectivity index (χ0n) is 13.5. The first-order valence-electron chi connectivity index (χ1n) is 8.00. The Morgan fingerprint density at radius 1 is 1.27 bits per heavy atom. The summed E-state index contributed by atoms with van der Waals surface area (Å²) in [6.45, 7) is 7.95. The van der Waals surface area contributed by atoms with Crippen LogP contribution in [0.5, 0.6) is 0 Å².